The number of carbonyl (C=O) groups excluding carboxylic acids is 1. The highest BCUT2D eigenvalue weighted by atomic mass is 35.5. The Morgan fingerprint density at radius 3 is 2.78 bits per heavy atom. The van der Waals surface area contributed by atoms with Gasteiger partial charge in [0.15, 0.2) is 17.9 Å². The Labute approximate surface area is 215 Å². The molecule has 1 saturated heterocycles. The molecule has 2 atom stereocenters. The second-order valence-corrected chi connectivity index (χ2v) is 11.1. The van der Waals surface area contributed by atoms with Crippen molar-refractivity contribution in [2.45, 2.75) is 45.6 Å². The highest BCUT2D eigenvalue weighted by molar-refractivity contribution is 6.30. The molecule has 9 nitrogen and oxygen atoms in total. The first-order chi connectivity index (χ1) is 17.1. The van der Waals surface area contributed by atoms with Crippen LogP contribution in [0.25, 0.3) is 5.69 Å². The van der Waals surface area contributed by atoms with E-state index in [0.717, 1.165) is 42.4 Å². The van der Waals surface area contributed by atoms with E-state index < -0.39 is 0 Å². The van der Waals surface area contributed by atoms with Gasteiger partial charge in [0.25, 0.3) is 0 Å². The molecule has 3 aliphatic rings. The summed E-state index contributed by atoms with van der Waals surface area (Å²) in [6.45, 7) is 7.58. The number of nitrogens with zero attached hydrogens (tertiary/aromatic N) is 7. The molecule has 1 aromatic carbocycles. The summed E-state index contributed by atoms with van der Waals surface area (Å²) in [7, 11) is 3.53. The van der Waals surface area contributed by atoms with E-state index in [9.17, 15) is 9.18 Å². The van der Waals surface area contributed by atoms with Gasteiger partial charge in [0, 0.05) is 50.9 Å². The van der Waals surface area contributed by atoms with E-state index in [4.69, 9.17) is 11.6 Å². The van der Waals surface area contributed by atoms with Gasteiger partial charge < -0.3 is 10.2 Å². The van der Waals surface area contributed by atoms with Crippen molar-refractivity contribution in [2.24, 2.45) is 10.4 Å². The number of aliphatic imine (C=N–C) groups is 1. The quantitative estimate of drug-likeness (QED) is 0.638. The Balaban J connectivity index is 1.36. The van der Waals surface area contributed by atoms with Gasteiger partial charge in [-0.15, -0.1) is 10.2 Å². The van der Waals surface area contributed by atoms with E-state index in [0.29, 0.717) is 24.7 Å². The smallest absolute Gasteiger partial charge is 0.236 e. The Hall–Kier alpha value is -2.82. The van der Waals surface area contributed by atoms with Crippen molar-refractivity contribution in [3.63, 3.8) is 0 Å². The van der Waals surface area contributed by atoms with Crippen LogP contribution in [0.5, 0.6) is 0 Å². The molecule has 0 radical (unpaired) electrons. The van der Waals surface area contributed by atoms with Crippen molar-refractivity contribution in [1.82, 2.24) is 34.8 Å². The van der Waals surface area contributed by atoms with E-state index in [1.54, 1.807) is 19.0 Å². The maximum atomic E-state index is 13.2. The summed E-state index contributed by atoms with van der Waals surface area (Å²) in [5.74, 6) is 1.56. The number of carbonyl (C=O) groups is 1. The van der Waals surface area contributed by atoms with Crippen molar-refractivity contribution < 1.29 is 9.18 Å². The number of hydrogen-bond donors (Lipinski definition) is 1. The maximum Gasteiger partial charge on any atom is 0.236 e. The van der Waals surface area contributed by atoms with Crippen molar-refractivity contribution >= 4 is 23.7 Å². The molecule has 0 aliphatic carbocycles. The number of amides is 1. The third-order valence-corrected chi connectivity index (χ3v) is 7.35. The minimum absolute atomic E-state index is 0.0395. The molecule has 5 rings (SSSR count). The highest BCUT2D eigenvalue weighted by Crippen LogP contribution is 2.41. The third-order valence-electron chi connectivity index (χ3n) is 7.12. The van der Waals surface area contributed by atoms with Gasteiger partial charge in [0.1, 0.15) is 5.82 Å². The Morgan fingerprint density at radius 2 is 2.08 bits per heavy atom. The molecule has 1 aromatic heterocycles. The van der Waals surface area contributed by atoms with Crippen LogP contribution in [-0.2, 0) is 17.9 Å². The summed E-state index contributed by atoms with van der Waals surface area (Å²) in [6, 6.07) is 5.87. The SMILES string of the molecule is CC(CC1(C)CN(C2N=CC(F)=CN2)C1)c1nnc2n1-c1ccc(Cl)cc1CN(CC(=O)N(C)C)C2. The summed E-state index contributed by atoms with van der Waals surface area (Å²) in [4.78, 5) is 22.6. The van der Waals surface area contributed by atoms with Gasteiger partial charge in [-0.1, -0.05) is 25.4 Å². The minimum atomic E-state index is -0.359. The zero-order valence-electron chi connectivity index (χ0n) is 21.1. The van der Waals surface area contributed by atoms with Crippen LogP contribution in [0.1, 0.15) is 43.4 Å². The maximum absolute atomic E-state index is 13.2. The van der Waals surface area contributed by atoms with Gasteiger partial charge in [-0.25, -0.2) is 4.39 Å². The zero-order chi connectivity index (χ0) is 25.6. The zero-order valence-corrected chi connectivity index (χ0v) is 21.8. The summed E-state index contributed by atoms with van der Waals surface area (Å²) in [5.41, 5.74) is 2.14. The number of likely N-dealkylation sites (N-methyl/N-ethyl adjacent to an activating group) is 1. The van der Waals surface area contributed by atoms with Crippen LogP contribution in [0.3, 0.4) is 0 Å². The van der Waals surface area contributed by atoms with Gasteiger partial charge in [-0.2, -0.15) is 0 Å². The molecule has 0 bridgehead atoms. The van der Waals surface area contributed by atoms with Crippen LogP contribution in [0.4, 0.5) is 4.39 Å². The number of rotatable bonds is 6. The fraction of sp³-hybridized carbons (Fsp3) is 0.520. The second-order valence-electron chi connectivity index (χ2n) is 10.7. The van der Waals surface area contributed by atoms with E-state index in [1.165, 1.54) is 12.4 Å². The Morgan fingerprint density at radius 1 is 1.31 bits per heavy atom. The highest BCUT2D eigenvalue weighted by Gasteiger charge is 2.43. The Kier molecular flexibility index (Phi) is 6.61. The standard InChI is InChI=1S/C25H32ClFN8O/c1-16(8-25(2)14-34(15-25)24-28-9-19(27)10-29-24)23-31-30-21-12-33(13-22(36)32(3)4)11-17-7-18(26)5-6-20(17)35(21)23/h5-7,9-10,16,24,28H,8,11-15H2,1-4H3. The summed E-state index contributed by atoms with van der Waals surface area (Å²) >= 11 is 6.36. The molecule has 192 valence electrons. The summed E-state index contributed by atoms with van der Waals surface area (Å²) < 4.78 is 15.4. The van der Waals surface area contributed by atoms with Crippen molar-refractivity contribution in [3.8, 4) is 5.69 Å². The van der Waals surface area contributed by atoms with Crippen molar-refractivity contribution in [2.75, 3.05) is 33.7 Å². The summed E-state index contributed by atoms with van der Waals surface area (Å²) in [6.07, 6.45) is 3.34. The number of benzene rings is 1. The van der Waals surface area contributed by atoms with Crippen LogP contribution in [0.2, 0.25) is 5.02 Å². The first kappa shape index (κ1) is 24.9. The second kappa shape index (κ2) is 9.57. The molecule has 4 heterocycles. The number of halogens is 2. The molecule has 1 amide bonds. The van der Waals surface area contributed by atoms with Gasteiger partial charge in [-0.05, 0) is 35.6 Å². The lowest BCUT2D eigenvalue weighted by Gasteiger charge is -2.51. The number of hydrogen-bond acceptors (Lipinski definition) is 7. The molecule has 3 aliphatic heterocycles. The lowest BCUT2D eigenvalue weighted by molar-refractivity contribution is -0.130. The van der Waals surface area contributed by atoms with Crippen molar-refractivity contribution in [3.05, 3.63) is 52.5 Å². The van der Waals surface area contributed by atoms with Crippen LogP contribution in [-0.4, -0.2) is 81.6 Å². The molecular formula is C25H32ClFN8O. The molecule has 2 aromatic rings. The first-order valence-electron chi connectivity index (χ1n) is 12.2. The molecule has 0 spiro atoms. The van der Waals surface area contributed by atoms with Gasteiger partial charge in [0.05, 0.1) is 25.0 Å². The van der Waals surface area contributed by atoms with Crippen LogP contribution < -0.4 is 5.32 Å². The first-order valence-corrected chi connectivity index (χ1v) is 12.5. The van der Waals surface area contributed by atoms with Gasteiger partial charge in [-0.3, -0.25) is 24.2 Å². The summed E-state index contributed by atoms with van der Waals surface area (Å²) in [5, 5.41) is 12.9. The topological polar surface area (TPSA) is 81.9 Å². The number of fused-ring (bicyclic) bond motifs is 3. The van der Waals surface area contributed by atoms with Crippen LogP contribution >= 0.6 is 11.6 Å². The molecule has 1 N–H and O–H groups in total. The molecule has 2 unspecified atom stereocenters. The molecular weight excluding hydrogens is 483 g/mol. The number of nitrogens with one attached hydrogen (secondary N) is 1. The minimum Gasteiger partial charge on any atom is -0.355 e. The van der Waals surface area contributed by atoms with E-state index >= 15 is 0 Å². The Bertz CT molecular complexity index is 1220. The van der Waals surface area contributed by atoms with Gasteiger partial charge in [0.2, 0.25) is 5.91 Å². The largest absolute Gasteiger partial charge is 0.355 e. The molecule has 36 heavy (non-hydrogen) atoms. The fourth-order valence-electron chi connectivity index (χ4n) is 5.50. The normalized spacial score (nSPS) is 21.9. The molecule has 11 heteroatoms. The molecule has 0 saturated carbocycles. The van der Waals surface area contributed by atoms with Crippen LogP contribution in [0.15, 0.2) is 35.2 Å². The molecule has 1 fully saturated rings. The monoisotopic (exact) mass is 514 g/mol. The average molecular weight is 515 g/mol. The number of aromatic nitrogens is 3. The third kappa shape index (κ3) is 4.89. The predicted octanol–water partition coefficient (Wildman–Crippen LogP) is 2.91. The van der Waals surface area contributed by atoms with E-state index in [2.05, 4.69) is 48.7 Å². The van der Waals surface area contributed by atoms with Crippen LogP contribution in [0, 0.1) is 5.41 Å². The number of allylic oxidation sites excluding steroid dienone is 1. The van der Waals surface area contributed by atoms with Gasteiger partial charge >= 0.3 is 0 Å². The van der Waals surface area contributed by atoms with Crippen molar-refractivity contribution in [1.29, 1.82) is 0 Å². The lowest BCUT2D eigenvalue weighted by atomic mass is 9.75. The average Bonchev–Trinajstić information content (AvgIpc) is 3.15. The van der Waals surface area contributed by atoms with E-state index in [1.807, 2.05) is 18.2 Å². The number of likely N-dealkylation sites (tertiary alicyclic amines) is 1. The fourth-order valence-corrected chi connectivity index (χ4v) is 5.69. The lowest BCUT2D eigenvalue weighted by Crippen LogP contribution is -2.61. The predicted molar refractivity (Wildman–Crippen MR) is 136 cm³/mol. The van der Waals surface area contributed by atoms with E-state index in [-0.39, 0.29) is 29.4 Å².